The number of piperazine rings is 1. The molecule has 1 spiro atoms. The first kappa shape index (κ1) is 27.1. The van der Waals surface area contributed by atoms with Crippen molar-refractivity contribution in [2.75, 3.05) is 81.9 Å². The Balaban J connectivity index is 1.07. The molecule has 1 amide bonds. The second kappa shape index (κ2) is 11.3. The Hall–Kier alpha value is -2.52. The lowest BCUT2D eigenvalue weighted by Gasteiger charge is -2.39. The van der Waals surface area contributed by atoms with Gasteiger partial charge in [-0.05, 0) is 52.2 Å². The number of hydrogen-bond acceptors (Lipinski definition) is 8. The molecule has 0 aromatic heterocycles. The molecule has 210 valence electrons. The molecule has 0 N–H and O–H groups in total. The topological polar surface area (TPSA) is 74.8 Å². The normalized spacial score (nSPS) is 24.6. The number of likely N-dealkylation sites (tertiary alicyclic amines) is 1. The lowest BCUT2D eigenvalue weighted by molar-refractivity contribution is -0.151. The summed E-state index contributed by atoms with van der Waals surface area (Å²) in [5, 5.41) is 0. The van der Waals surface area contributed by atoms with Crippen LogP contribution in [0.3, 0.4) is 0 Å². The zero-order chi connectivity index (χ0) is 26.8. The number of benzene rings is 1. The molecule has 4 heterocycles. The smallest absolute Gasteiger partial charge is 0.410 e. The van der Waals surface area contributed by atoms with Crippen molar-refractivity contribution in [3.8, 4) is 0 Å². The van der Waals surface area contributed by atoms with E-state index < -0.39 is 11.0 Å². The van der Waals surface area contributed by atoms with Gasteiger partial charge < -0.3 is 28.9 Å². The van der Waals surface area contributed by atoms with Gasteiger partial charge in [0.1, 0.15) is 11.7 Å². The van der Waals surface area contributed by atoms with Crippen molar-refractivity contribution in [3.05, 3.63) is 24.3 Å². The van der Waals surface area contributed by atoms with Crippen LogP contribution in [0.5, 0.6) is 0 Å². The Morgan fingerprint density at radius 1 is 0.947 bits per heavy atom. The highest BCUT2D eigenvalue weighted by atomic mass is 16.6. The SMILES string of the molecule is CC(C)(C)OC(=O)N1CCC2(CC1)CC(CCN1CCN(c3ccccc3N3CCOCC3)CC1)OC2=O. The molecule has 38 heavy (non-hydrogen) atoms. The number of para-hydroxylation sites is 2. The number of cyclic esters (lactones) is 1. The first-order valence-corrected chi connectivity index (χ1v) is 14.3. The van der Waals surface area contributed by atoms with Crippen LogP contribution < -0.4 is 9.80 Å². The van der Waals surface area contributed by atoms with Crippen molar-refractivity contribution in [2.24, 2.45) is 5.41 Å². The molecule has 1 atom stereocenters. The molecule has 0 saturated carbocycles. The predicted molar refractivity (Wildman–Crippen MR) is 147 cm³/mol. The monoisotopic (exact) mass is 528 g/mol. The maximum Gasteiger partial charge on any atom is 0.410 e. The summed E-state index contributed by atoms with van der Waals surface area (Å²) >= 11 is 0. The molecule has 5 rings (SSSR count). The lowest BCUT2D eigenvalue weighted by Crippen LogP contribution is -2.48. The first-order chi connectivity index (χ1) is 18.2. The highest BCUT2D eigenvalue weighted by molar-refractivity contribution is 5.80. The summed E-state index contributed by atoms with van der Waals surface area (Å²) in [6, 6.07) is 8.73. The van der Waals surface area contributed by atoms with Crippen LogP contribution in [-0.4, -0.2) is 106 Å². The van der Waals surface area contributed by atoms with E-state index in [4.69, 9.17) is 14.2 Å². The Labute approximate surface area is 227 Å². The minimum Gasteiger partial charge on any atom is -0.462 e. The summed E-state index contributed by atoms with van der Waals surface area (Å²) < 4.78 is 16.9. The Morgan fingerprint density at radius 2 is 1.55 bits per heavy atom. The van der Waals surface area contributed by atoms with Crippen LogP contribution in [-0.2, 0) is 19.0 Å². The summed E-state index contributed by atoms with van der Waals surface area (Å²) in [6.45, 7) is 15.1. The average Bonchev–Trinajstić information content (AvgIpc) is 3.22. The maximum absolute atomic E-state index is 12.9. The number of morpholine rings is 1. The molecule has 9 heteroatoms. The number of nitrogens with zero attached hydrogens (tertiary/aromatic N) is 4. The van der Waals surface area contributed by atoms with Gasteiger partial charge in [-0.25, -0.2) is 4.79 Å². The van der Waals surface area contributed by atoms with Gasteiger partial charge in [-0.1, -0.05) is 12.1 Å². The van der Waals surface area contributed by atoms with Crippen molar-refractivity contribution in [3.63, 3.8) is 0 Å². The van der Waals surface area contributed by atoms with Crippen LogP contribution in [0.4, 0.5) is 16.2 Å². The van der Waals surface area contributed by atoms with E-state index in [0.29, 0.717) is 25.9 Å². The lowest BCUT2D eigenvalue weighted by atomic mass is 9.76. The van der Waals surface area contributed by atoms with Crippen LogP contribution in [0.25, 0.3) is 0 Å². The van der Waals surface area contributed by atoms with Gasteiger partial charge in [0.05, 0.1) is 30.0 Å². The molecule has 1 aromatic rings. The molecular formula is C29H44N4O5. The van der Waals surface area contributed by atoms with Crippen molar-refractivity contribution < 1.29 is 23.8 Å². The Bertz CT molecular complexity index is 973. The number of ether oxygens (including phenoxy) is 3. The fourth-order valence-electron chi connectivity index (χ4n) is 6.19. The summed E-state index contributed by atoms with van der Waals surface area (Å²) in [7, 11) is 0. The highest BCUT2D eigenvalue weighted by Crippen LogP contribution is 2.44. The van der Waals surface area contributed by atoms with Gasteiger partial charge in [0.2, 0.25) is 0 Å². The summed E-state index contributed by atoms with van der Waals surface area (Å²) in [6.07, 6.45) is 2.62. The standard InChI is InChI=1S/C29H44N4O5/c1-28(2,3)38-27(35)33-12-9-29(10-13-33)22-23(37-26(29)34)8-11-30-14-16-31(17-15-30)24-6-4-5-7-25(24)32-18-20-36-21-19-32/h4-7,23H,8-22H2,1-3H3. The van der Waals surface area contributed by atoms with Crippen LogP contribution in [0.1, 0.15) is 46.5 Å². The molecule has 4 aliphatic rings. The molecule has 4 saturated heterocycles. The van der Waals surface area contributed by atoms with Gasteiger partial charge >= 0.3 is 12.1 Å². The van der Waals surface area contributed by atoms with Crippen LogP contribution in [0.2, 0.25) is 0 Å². The third kappa shape index (κ3) is 6.20. The zero-order valence-electron chi connectivity index (χ0n) is 23.3. The predicted octanol–water partition coefficient (Wildman–Crippen LogP) is 3.37. The largest absolute Gasteiger partial charge is 0.462 e. The van der Waals surface area contributed by atoms with Crippen LogP contribution in [0.15, 0.2) is 24.3 Å². The number of piperidine rings is 1. The second-order valence-electron chi connectivity index (χ2n) is 12.2. The van der Waals surface area contributed by atoms with Crippen molar-refractivity contribution in [1.29, 1.82) is 0 Å². The van der Waals surface area contributed by atoms with E-state index in [1.54, 1.807) is 4.90 Å². The quantitative estimate of drug-likeness (QED) is 0.539. The van der Waals surface area contributed by atoms with Gasteiger partial charge in [-0.2, -0.15) is 0 Å². The molecule has 0 aliphatic carbocycles. The molecular weight excluding hydrogens is 484 g/mol. The van der Waals surface area contributed by atoms with Gasteiger partial charge in [0.25, 0.3) is 0 Å². The maximum atomic E-state index is 12.9. The molecule has 4 fully saturated rings. The second-order valence-corrected chi connectivity index (χ2v) is 12.2. The molecule has 1 unspecified atom stereocenters. The molecule has 1 aromatic carbocycles. The number of rotatable bonds is 5. The van der Waals surface area contributed by atoms with Gasteiger partial charge in [-0.3, -0.25) is 9.69 Å². The molecule has 0 bridgehead atoms. The summed E-state index contributed by atoms with van der Waals surface area (Å²) in [4.78, 5) is 34.5. The third-order valence-corrected chi connectivity index (χ3v) is 8.41. The van der Waals surface area contributed by atoms with E-state index in [1.807, 2.05) is 20.8 Å². The van der Waals surface area contributed by atoms with E-state index in [1.165, 1.54) is 11.4 Å². The van der Waals surface area contributed by atoms with Crippen molar-refractivity contribution in [2.45, 2.75) is 58.2 Å². The van der Waals surface area contributed by atoms with E-state index >= 15 is 0 Å². The highest BCUT2D eigenvalue weighted by Gasteiger charge is 2.51. The third-order valence-electron chi connectivity index (χ3n) is 8.41. The molecule has 9 nitrogen and oxygen atoms in total. The number of esters is 1. The fraction of sp³-hybridized carbons (Fsp3) is 0.724. The van der Waals surface area contributed by atoms with E-state index in [2.05, 4.69) is 39.0 Å². The molecule has 4 aliphatic heterocycles. The summed E-state index contributed by atoms with van der Waals surface area (Å²) in [5.74, 6) is -0.0733. The summed E-state index contributed by atoms with van der Waals surface area (Å²) in [5.41, 5.74) is 1.68. The van der Waals surface area contributed by atoms with Crippen molar-refractivity contribution >= 4 is 23.4 Å². The van der Waals surface area contributed by atoms with E-state index in [9.17, 15) is 9.59 Å². The number of carbonyl (C=O) groups is 2. The van der Waals surface area contributed by atoms with E-state index in [0.717, 1.165) is 71.9 Å². The minimum absolute atomic E-state index is 0.0318. The number of amides is 1. The Kier molecular flexibility index (Phi) is 8.05. The molecule has 0 radical (unpaired) electrons. The van der Waals surface area contributed by atoms with E-state index in [-0.39, 0.29) is 18.2 Å². The number of hydrogen-bond donors (Lipinski definition) is 0. The van der Waals surface area contributed by atoms with Crippen LogP contribution >= 0.6 is 0 Å². The van der Waals surface area contributed by atoms with Gasteiger partial charge in [0, 0.05) is 65.3 Å². The Morgan fingerprint density at radius 3 is 2.16 bits per heavy atom. The average molecular weight is 529 g/mol. The number of carbonyl (C=O) groups excluding carboxylic acids is 2. The zero-order valence-corrected chi connectivity index (χ0v) is 23.3. The van der Waals surface area contributed by atoms with Gasteiger partial charge in [-0.15, -0.1) is 0 Å². The number of anilines is 2. The first-order valence-electron chi connectivity index (χ1n) is 14.3. The fourth-order valence-corrected chi connectivity index (χ4v) is 6.19. The van der Waals surface area contributed by atoms with Crippen molar-refractivity contribution in [1.82, 2.24) is 9.80 Å². The minimum atomic E-state index is -0.513. The van der Waals surface area contributed by atoms with Gasteiger partial charge in [0.15, 0.2) is 0 Å². The van der Waals surface area contributed by atoms with Crippen LogP contribution in [0, 0.1) is 5.41 Å².